The molecule has 0 unspecified atom stereocenters. The number of nitrogens with zero attached hydrogens (tertiary/aromatic N) is 1. The second kappa shape index (κ2) is 7.44. The van der Waals surface area contributed by atoms with Gasteiger partial charge < -0.3 is 0 Å². The van der Waals surface area contributed by atoms with Gasteiger partial charge >= 0.3 is 0 Å². The van der Waals surface area contributed by atoms with Crippen molar-refractivity contribution in [1.82, 2.24) is 4.90 Å². The third-order valence-electron chi connectivity index (χ3n) is 4.46. The smallest absolute Gasteiger partial charge is 0.261 e. The number of amides is 2. The van der Waals surface area contributed by atoms with Gasteiger partial charge in [-0.2, -0.15) is 11.8 Å². The lowest BCUT2D eigenvalue weighted by Crippen LogP contribution is -2.24. The number of fused-ring (bicyclic) bond motifs is 1. The van der Waals surface area contributed by atoms with Crippen LogP contribution >= 0.6 is 11.8 Å². The predicted octanol–water partition coefficient (Wildman–Crippen LogP) is 4.34. The average Bonchev–Trinajstić information content (AvgIpc) is 2.83. The fourth-order valence-electron chi connectivity index (χ4n) is 2.92. The van der Waals surface area contributed by atoms with Crippen molar-refractivity contribution >= 4 is 23.6 Å². The average molecular weight is 353 g/mol. The minimum Gasteiger partial charge on any atom is -0.277 e. The fraction of sp³-hybridized carbons (Fsp3) is 0.333. The van der Waals surface area contributed by atoms with Gasteiger partial charge in [0.2, 0.25) is 0 Å². The largest absolute Gasteiger partial charge is 0.277 e. The normalized spacial score (nSPS) is 13.7. The second-order valence-electron chi connectivity index (χ2n) is 6.73. The Hall–Kier alpha value is -2.07. The molecule has 25 heavy (non-hydrogen) atoms. The molecule has 1 heterocycles. The summed E-state index contributed by atoms with van der Waals surface area (Å²) in [7, 11) is 1.53. The zero-order chi connectivity index (χ0) is 18.0. The van der Waals surface area contributed by atoms with Gasteiger partial charge in [0.25, 0.3) is 11.8 Å². The lowest BCUT2D eigenvalue weighted by atomic mass is 10.00. The fourth-order valence-corrected chi connectivity index (χ4v) is 3.64. The van der Waals surface area contributed by atoms with Crippen LogP contribution in [-0.4, -0.2) is 29.0 Å². The van der Waals surface area contributed by atoms with E-state index in [0.29, 0.717) is 16.4 Å². The molecule has 0 atom stereocenters. The van der Waals surface area contributed by atoms with Crippen molar-refractivity contribution in [3.8, 4) is 0 Å². The van der Waals surface area contributed by atoms with E-state index in [9.17, 15) is 9.59 Å². The molecule has 0 radical (unpaired) electrons. The van der Waals surface area contributed by atoms with E-state index in [-0.39, 0.29) is 11.8 Å². The van der Waals surface area contributed by atoms with E-state index in [1.807, 2.05) is 23.9 Å². The number of carbonyl (C=O) groups excluding carboxylic acids is 2. The first kappa shape index (κ1) is 17.7. The maximum absolute atomic E-state index is 12.1. The number of rotatable bonds is 6. The van der Waals surface area contributed by atoms with Gasteiger partial charge in [-0.15, -0.1) is 0 Å². The topological polar surface area (TPSA) is 37.4 Å². The first-order chi connectivity index (χ1) is 12.0. The molecule has 2 aromatic carbocycles. The maximum Gasteiger partial charge on any atom is 0.261 e. The molecule has 0 saturated heterocycles. The van der Waals surface area contributed by atoms with E-state index in [1.54, 1.807) is 6.07 Å². The number of aryl methyl sites for hydroxylation is 2. The van der Waals surface area contributed by atoms with Gasteiger partial charge in [0.15, 0.2) is 0 Å². The summed E-state index contributed by atoms with van der Waals surface area (Å²) in [5, 5.41) is 0.646. The lowest BCUT2D eigenvalue weighted by molar-refractivity contribution is 0.0693. The number of hydrogen-bond donors (Lipinski definition) is 0. The van der Waals surface area contributed by atoms with Crippen LogP contribution in [0.5, 0.6) is 0 Å². The van der Waals surface area contributed by atoms with Crippen molar-refractivity contribution in [3.63, 3.8) is 0 Å². The number of hydrogen-bond acceptors (Lipinski definition) is 3. The molecule has 0 N–H and O–H groups in total. The molecular formula is C21H23NO2S. The van der Waals surface area contributed by atoms with Crippen LogP contribution in [0.1, 0.15) is 51.3 Å². The van der Waals surface area contributed by atoms with E-state index in [2.05, 4.69) is 38.1 Å². The Kier molecular flexibility index (Phi) is 5.28. The number of imide groups is 1. The van der Waals surface area contributed by atoms with Gasteiger partial charge in [-0.25, -0.2) is 0 Å². The zero-order valence-electron chi connectivity index (χ0n) is 14.9. The summed E-state index contributed by atoms with van der Waals surface area (Å²) < 4.78 is 0. The van der Waals surface area contributed by atoms with E-state index in [1.165, 1.54) is 23.1 Å². The van der Waals surface area contributed by atoms with E-state index >= 15 is 0 Å². The van der Waals surface area contributed by atoms with Gasteiger partial charge in [0.1, 0.15) is 0 Å². The highest BCUT2D eigenvalue weighted by atomic mass is 32.2. The van der Waals surface area contributed by atoms with Gasteiger partial charge in [-0.05, 0) is 46.9 Å². The number of thioether (sulfide) groups is 1. The quantitative estimate of drug-likeness (QED) is 0.725. The van der Waals surface area contributed by atoms with Crippen molar-refractivity contribution in [1.29, 1.82) is 0 Å². The van der Waals surface area contributed by atoms with Crippen LogP contribution in [0.15, 0.2) is 42.5 Å². The molecule has 1 aliphatic rings. The molecule has 130 valence electrons. The summed E-state index contributed by atoms with van der Waals surface area (Å²) in [6, 6.07) is 14.4. The Labute approximate surface area is 153 Å². The highest BCUT2D eigenvalue weighted by Crippen LogP contribution is 2.23. The van der Waals surface area contributed by atoms with Crippen LogP contribution in [0.4, 0.5) is 0 Å². The van der Waals surface area contributed by atoms with Crippen molar-refractivity contribution in [2.24, 2.45) is 0 Å². The standard InChI is InChI=1S/C21H23NO2S/c1-14(2)25-13-17-8-5-15(6-9-17)4-7-16-10-11-18-19(12-16)21(24)22(3)20(18)23/h5-6,8-12,14H,4,7,13H2,1-3H3. The third-order valence-corrected chi connectivity index (χ3v) is 5.63. The molecule has 4 heteroatoms. The molecule has 2 aromatic rings. The Bertz CT molecular complexity index is 796. The third kappa shape index (κ3) is 3.96. The van der Waals surface area contributed by atoms with Gasteiger partial charge in [-0.3, -0.25) is 14.5 Å². The monoisotopic (exact) mass is 353 g/mol. The van der Waals surface area contributed by atoms with Crippen LogP contribution in [0.2, 0.25) is 0 Å². The van der Waals surface area contributed by atoms with Crippen molar-refractivity contribution < 1.29 is 9.59 Å². The van der Waals surface area contributed by atoms with Crippen LogP contribution < -0.4 is 0 Å². The molecule has 0 spiro atoms. The lowest BCUT2D eigenvalue weighted by Gasteiger charge is -2.07. The summed E-state index contributed by atoms with van der Waals surface area (Å²) >= 11 is 1.95. The minimum absolute atomic E-state index is 0.200. The van der Waals surface area contributed by atoms with E-state index < -0.39 is 0 Å². The van der Waals surface area contributed by atoms with E-state index in [0.717, 1.165) is 24.2 Å². The Morgan fingerprint density at radius 3 is 2.08 bits per heavy atom. The van der Waals surface area contributed by atoms with Gasteiger partial charge in [0.05, 0.1) is 11.1 Å². The minimum atomic E-state index is -0.207. The van der Waals surface area contributed by atoms with Crippen LogP contribution in [0.3, 0.4) is 0 Å². The Morgan fingerprint density at radius 1 is 0.840 bits per heavy atom. The zero-order valence-corrected chi connectivity index (χ0v) is 15.7. The molecule has 0 aliphatic carbocycles. The van der Waals surface area contributed by atoms with Crippen LogP contribution in [0, 0.1) is 0 Å². The SMILES string of the molecule is CC(C)SCc1ccc(CCc2ccc3c(c2)C(=O)N(C)C3=O)cc1. The summed E-state index contributed by atoms with van der Waals surface area (Å²) in [6.45, 7) is 4.43. The first-order valence-corrected chi connectivity index (χ1v) is 9.65. The molecule has 0 bridgehead atoms. The number of benzene rings is 2. The highest BCUT2D eigenvalue weighted by Gasteiger charge is 2.32. The molecule has 0 saturated carbocycles. The molecule has 2 amide bonds. The van der Waals surface area contributed by atoms with E-state index in [4.69, 9.17) is 0 Å². The summed E-state index contributed by atoms with van der Waals surface area (Å²) in [5.74, 6) is 0.641. The number of carbonyl (C=O) groups is 2. The summed E-state index contributed by atoms with van der Waals surface area (Å²) in [6.07, 6.45) is 1.78. The maximum atomic E-state index is 12.1. The van der Waals surface area contributed by atoms with Crippen LogP contribution in [-0.2, 0) is 18.6 Å². The highest BCUT2D eigenvalue weighted by molar-refractivity contribution is 7.99. The molecular weight excluding hydrogens is 330 g/mol. The van der Waals surface area contributed by atoms with Crippen molar-refractivity contribution in [2.75, 3.05) is 7.05 Å². The second-order valence-corrected chi connectivity index (χ2v) is 8.29. The Morgan fingerprint density at radius 2 is 1.40 bits per heavy atom. The van der Waals surface area contributed by atoms with Crippen molar-refractivity contribution in [2.45, 2.75) is 37.7 Å². The molecule has 3 rings (SSSR count). The summed E-state index contributed by atoms with van der Waals surface area (Å²) in [5.41, 5.74) is 4.79. The molecule has 0 fully saturated rings. The molecule has 3 nitrogen and oxygen atoms in total. The summed E-state index contributed by atoms with van der Waals surface area (Å²) in [4.78, 5) is 25.2. The van der Waals surface area contributed by atoms with Gasteiger partial charge in [0, 0.05) is 12.8 Å². The molecule has 0 aromatic heterocycles. The molecule has 1 aliphatic heterocycles. The predicted molar refractivity (Wildman–Crippen MR) is 103 cm³/mol. The van der Waals surface area contributed by atoms with Crippen molar-refractivity contribution in [3.05, 3.63) is 70.3 Å². The van der Waals surface area contributed by atoms with Crippen LogP contribution in [0.25, 0.3) is 0 Å². The first-order valence-electron chi connectivity index (χ1n) is 8.60. The Balaban J connectivity index is 1.63. The van der Waals surface area contributed by atoms with Gasteiger partial charge in [-0.1, -0.05) is 44.2 Å².